The molecule has 2 atom stereocenters. The number of fused-ring (bicyclic) bond motifs is 1. The van der Waals surface area contributed by atoms with Gasteiger partial charge >= 0.3 is 0 Å². The van der Waals surface area contributed by atoms with Crippen molar-refractivity contribution < 1.29 is 4.79 Å². The Morgan fingerprint density at radius 3 is 2.80 bits per heavy atom. The van der Waals surface area contributed by atoms with Crippen LogP contribution < -0.4 is 10.6 Å². The number of hydrogen-bond acceptors (Lipinski definition) is 3. The van der Waals surface area contributed by atoms with Crippen LogP contribution in [0, 0.1) is 0 Å². The zero-order chi connectivity index (χ0) is 17.2. The maximum Gasteiger partial charge on any atom is 0.241 e. The molecular weight excluding hydrogens is 312 g/mol. The first-order chi connectivity index (χ1) is 12.3. The highest BCUT2D eigenvalue weighted by molar-refractivity contribution is 5.83. The molecular formula is C20H26N4O. The van der Waals surface area contributed by atoms with Crippen LogP contribution in [0.1, 0.15) is 61.5 Å². The van der Waals surface area contributed by atoms with Crippen LogP contribution in [-0.2, 0) is 17.8 Å². The SMILES string of the molecule is CCn1ncc2c1CCC[C@@H]2N[C@@H](C(=O)NC1CC1)c1ccccc1. The van der Waals surface area contributed by atoms with E-state index in [2.05, 4.69) is 27.3 Å². The summed E-state index contributed by atoms with van der Waals surface area (Å²) in [4.78, 5) is 12.8. The highest BCUT2D eigenvalue weighted by atomic mass is 16.2. The zero-order valence-corrected chi connectivity index (χ0v) is 14.7. The van der Waals surface area contributed by atoms with Gasteiger partial charge in [-0.2, -0.15) is 5.10 Å². The Labute approximate surface area is 148 Å². The molecule has 2 aliphatic carbocycles. The van der Waals surface area contributed by atoms with Crippen LogP contribution >= 0.6 is 0 Å². The van der Waals surface area contributed by atoms with Gasteiger partial charge < -0.3 is 5.32 Å². The average Bonchev–Trinajstić information content (AvgIpc) is 3.35. The van der Waals surface area contributed by atoms with E-state index in [0.717, 1.165) is 44.2 Å². The summed E-state index contributed by atoms with van der Waals surface area (Å²) >= 11 is 0. The third kappa shape index (κ3) is 3.47. The molecule has 1 aromatic heterocycles. The molecule has 0 radical (unpaired) electrons. The largest absolute Gasteiger partial charge is 0.352 e. The first-order valence-corrected chi connectivity index (χ1v) is 9.42. The third-order valence-corrected chi connectivity index (χ3v) is 5.25. The number of nitrogens with one attached hydrogen (secondary N) is 2. The molecule has 2 aromatic rings. The van der Waals surface area contributed by atoms with Crippen molar-refractivity contribution in [3.05, 3.63) is 53.3 Å². The van der Waals surface area contributed by atoms with E-state index in [1.54, 1.807) is 0 Å². The Morgan fingerprint density at radius 2 is 2.08 bits per heavy atom. The summed E-state index contributed by atoms with van der Waals surface area (Å²) in [5, 5.41) is 11.3. The molecule has 1 saturated carbocycles. The predicted molar refractivity (Wildman–Crippen MR) is 97.1 cm³/mol. The van der Waals surface area contributed by atoms with Gasteiger partial charge in [-0.15, -0.1) is 0 Å². The lowest BCUT2D eigenvalue weighted by atomic mass is 9.91. The summed E-state index contributed by atoms with van der Waals surface area (Å²) in [5.41, 5.74) is 3.60. The lowest BCUT2D eigenvalue weighted by molar-refractivity contribution is -0.123. The van der Waals surface area contributed by atoms with Crippen molar-refractivity contribution >= 4 is 5.91 Å². The first-order valence-electron chi connectivity index (χ1n) is 9.42. The molecule has 2 aliphatic rings. The van der Waals surface area contributed by atoms with E-state index in [9.17, 15) is 4.79 Å². The van der Waals surface area contributed by atoms with Gasteiger partial charge in [-0.05, 0) is 44.6 Å². The highest BCUT2D eigenvalue weighted by Gasteiger charge is 2.32. The van der Waals surface area contributed by atoms with Crippen molar-refractivity contribution in [3.63, 3.8) is 0 Å². The van der Waals surface area contributed by atoms with E-state index in [-0.39, 0.29) is 18.0 Å². The molecule has 5 nitrogen and oxygen atoms in total. The molecule has 132 valence electrons. The minimum Gasteiger partial charge on any atom is -0.352 e. The number of aromatic nitrogens is 2. The molecule has 0 unspecified atom stereocenters. The highest BCUT2D eigenvalue weighted by Crippen LogP contribution is 2.32. The van der Waals surface area contributed by atoms with Crippen molar-refractivity contribution in [2.24, 2.45) is 0 Å². The van der Waals surface area contributed by atoms with E-state index in [1.807, 2.05) is 36.5 Å². The molecule has 2 N–H and O–H groups in total. The van der Waals surface area contributed by atoms with Crippen molar-refractivity contribution in [3.8, 4) is 0 Å². The van der Waals surface area contributed by atoms with Crippen LogP contribution in [0.5, 0.6) is 0 Å². The number of benzene rings is 1. The smallest absolute Gasteiger partial charge is 0.241 e. The second kappa shape index (κ2) is 7.00. The average molecular weight is 338 g/mol. The molecule has 25 heavy (non-hydrogen) atoms. The molecule has 0 spiro atoms. The van der Waals surface area contributed by atoms with Gasteiger partial charge in [0, 0.05) is 29.9 Å². The van der Waals surface area contributed by atoms with Gasteiger partial charge in [-0.25, -0.2) is 0 Å². The van der Waals surface area contributed by atoms with E-state index < -0.39 is 0 Å². The number of aryl methyl sites for hydroxylation is 1. The van der Waals surface area contributed by atoms with Gasteiger partial charge in [0.25, 0.3) is 0 Å². The van der Waals surface area contributed by atoms with E-state index in [1.165, 1.54) is 11.3 Å². The van der Waals surface area contributed by atoms with Gasteiger partial charge in [0.1, 0.15) is 6.04 Å². The van der Waals surface area contributed by atoms with Crippen LogP contribution in [0.3, 0.4) is 0 Å². The number of rotatable bonds is 6. The fourth-order valence-corrected chi connectivity index (χ4v) is 3.75. The molecule has 0 saturated heterocycles. The normalized spacial score (nSPS) is 20.8. The third-order valence-electron chi connectivity index (χ3n) is 5.25. The Morgan fingerprint density at radius 1 is 1.28 bits per heavy atom. The molecule has 1 aromatic carbocycles. The summed E-state index contributed by atoms with van der Waals surface area (Å²) in [6.45, 7) is 3.02. The fourth-order valence-electron chi connectivity index (χ4n) is 3.75. The summed E-state index contributed by atoms with van der Waals surface area (Å²) in [6, 6.07) is 10.3. The van der Waals surface area contributed by atoms with Crippen LogP contribution in [0.4, 0.5) is 0 Å². The topological polar surface area (TPSA) is 59.0 Å². The molecule has 1 fully saturated rings. The Kier molecular flexibility index (Phi) is 4.57. The first kappa shape index (κ1) is 16.3. The van der Waals surface area contributed by atoms with E-state index >= 15 is 0 Å². The lowest BCUT2D eigenvalue weighted by Gasteiger charge is -2.29. The minimum atomic E-state index is -0.317. The number of amides is 1. The summed E-state index contributed by atoms with van der Waals surface area (Å²) in [5.74, 6) is 0.0868. The summed E-state index contributed by atoms with van der Waals surface area (Å²) < 4.78 is 2.09. The quantitative estimate of drug-likeness (QED) is 0.851. The maximum absolute atomic E-state index is 12.8. The van der Waals surface area contributed by atoms with Gasteiger partial charge in [0.05, 0.1) is 6.20 Å². The molecule has 5 heteroatoms. The van der Waals surface area contributed by atoms with Crippen molar-refractivity contribution in [1.82, 2.24) is 20.4 Å². The van der Waals surface area contributed by atoms with Gasteiger partial charge in [-0.1, -0.05) is 30.3 Å². The second-order valence-corrected chi connectivity index (χ2v) is 7.10. The van der Waals surface area contributed by atoms with Gasteiger partial charge in [0.2, 0.25) is 5.91 Å². The van der Waals surface area contributed by atoms with Crippen molar-refractivity contribution in [2.45, 2.75) is 63.7 Å². The number of carbonyl (C=O) groups is 1. The van der Waals surface area contributed by atoms with Crippen molar-refractivity contribution in [2.75, 3.05) is 0 Å². The zero-order valence-electron chi connectivity index (χ0n) is 14.7. The molecule has 0 aliphatic heterocycles. The molecule has 1 amide bonds. The molecule has 0 bridgehead atoms. The Hall–Kier alpha value is -2.14. The van der Waals surface area contributed by atoms with E-state index in [4.69, 9.17) is 0 Å². The van der Waals surface area contributed by atoms with Crippen LogP contribution in [-0.4, -0.2) is 21.7 Å². The van der Waals surface area contributed by atoms with Gasteiger partial charge in [0.15, 0.2) is 0 Å². The Balaban J connectivity index is 1.58. The fraction of sp³-hybridized carbons (Fsp3) is 0.500. The number of carbonyl (C=O) groups excluding carboxylic acids is 1. The van der Waals surface area contributed by atoms with E-state index in [0.29, 0.717) is 6.04 Å². The number of hydrogen-bond donors (Lipinski definition) is 2. The molecule has 1 heterocycles. The standard InChI is InChI=1S/C20H26N4O/c1-2-24-18-10-6-9-17(16(18)13-21-24)23-19(14-7-4-3-5-8-14)20(25)22-15-11-12-15/h3-5,7-8,13,15,17,19,23H,2,6,9-12H2,1H3,(H,22,25)/t17-,19+/m0/s1. The summed E-state index contributed by atoms with van der Waals surface area (Å²) in [7, 11) is 0. The van der Waals surface area contributed by atoms with Gasteiger partial charge in [-0.3, -0.25) is 14.8 Å². The monoisotopic (exact) mass is 338 g/mol. The van der Waals surface area contributed by atoms with Crippen molar-refractivity contribution in [1.29, 1.82) is 0 Å². The second-order valence-electron chi connectivity index (χ2n) is 7.10. The Bertz CT molecular complexity index is 735. The predicted octanol–water partition coefficient (Wildman–Crippen LogP) is 2.89. The lowest BCUT2D eigenvalue weighted by Crippen LogP contribution is -2.40. The summed E-state index contributed by atoms with van der Waals surface area (Å²) in [6.07, 6.45) is 7.43. The maximum atomic E-state index is 12.8. The van der Waals surface area contributed by atoms with Crippen LogP contribution in [0.15, 0.2) is 36.5 Å². The van der Waals surface area contributed by atoms with Crippen LogP contribution in [0.25, 0.3) is 0 Å². The molecule has 4 rings (SSSR count). The number of nitrogens with zero attached hydrogens (tertiary/aromatic N) is 2. The minimum absolute atomic E-state index is 0.0868. The van der Waals surface area contributed by atoms with Crippen LogP contribution in [0.2, 0.25) is 0 Å².